The lowest BCUT2D eigenvalue weighted by molar-refractivity contribution is -0.170. The summed E-state index contributed by atoms with van der Waals surface area (Å²) in [5.74, 6) is -4.38. The van der Waals surface area contributed by atoms with Crippen LogP contribution in [-0.2, 0) is 25.2 Å². The molecule has 1 amide bonds. The second kappa shape index (κ2) is 17.6. The van der Waals surface area contributed by atoms with E-state index in [-0.39, 0.29) is 17.9 Å². The predicted octanol–water partition coefficient (Wildman–Crippen LogP) is 6.05. The van der Waals surface area contributed by atoms with Crippen LogP contribution in [0.1, 0.15) is 84.0 Å². The van der Waals surface area contributed by atoms with E-state index in [4.69, 9.17) is 43.6 Å². The Hall–Kier alpha value is -3.81. The molecule has 11 nitrogen and oxygen atoms in total. The molecule has 3 atom stereocenters. The van der Waals surface area contributed by atoms with Gasteiger partial charge in [0.05, 0.1) is 39.7 Å². The number of carboxylic acids is 3. The van der Waals surface area contributed by atoms with Gasteiger partial charge in [-0.15, -0.1) is 0 Å². The van der Waals surface area contributed by atoms with E-state index in [1.807, 2.05) is 47.4 Å². The molecule has 1 unspecified atom stereocenters. The topological polar surface area (TPSA) is 173 Å². The number of nitrogens with zero attached hydrogens (tertiary/aromatic N) is 2. The maximum Gasteiger partial charge on any atom is 0.336 e. The Labute approximate surface area is 309 Å². The number of piperidine rings is 1. The molecule has 2 aliphatic heterocycles. The summed E-state index contributed by atoms with van der Waals surface area (Å²) >= 11 is 12.8. The second-order valence-corrected chi connectivity index (χ2v) is 14.9. The monoisotopic (exact) mass is 760 g/mol. The van der Waals surface area contributed by atoms with Crippen molar-refractivity contribution in [1.29, 1.82) is 0 Å². The van der Waals surface area contributed by atoms with Gasteiger partial charge in [-0.05, 0) is 92.7 Å². The van der Waals surface area contributed by atoms with Crippen LogP contribution in [0.2, 0.25) is 10.0 Å². The SMILES string of the molecule is CCN1C(=O)c2ccccc2[C@H]1[C@@H](CCN1CCC(c2ccccc2S(C)=O)CC1)c1ccc(Cl)c(Cl)c1.O=C(O)CC(O)(CC(=O)O)C(=O)O. The number of rotatable bonds is 13. The number of likely N-dealkylation sites (tertiary alicyclic amines) is 1. The van der Waals surface area contributed by atoms with Crippen molar-refractivity contribution in [3.63, 3.8) is 0 Å². The smallest absolute Gasteiger partial charge is 0.336 e. The number of likely N-dealkylation sites (N-methyl/N-ethyl adjacent to an activating group) is 1. The maximum absolute atomic E-state index is 13.3. The van der Waals surface area contributed by atoms with E-state index >= 15 is 0 Å². The van der Waals surface area contributed by atoms with Gasteiger partial charge < -0.3 is 30.2 Å². The lowest BCUT2D eigenvalue weighted by Gasteiger charge is -2.36. The first-order chi connectivity index (χ1) is 24.2. The first kappa shape index (κ1) is 40.0. The molecule has 14 heteroatoms. The summed E-state index contributed by atoms with van der Waals surface area (Å²) in [6, 6.07) is 22.0. The van der Waals surface area contributed by atoms with Gasteiger partial charge in [0.2, 0.25) is 0 Å². The molecule has 0 aliphatic carbocycles. The van der Waals surface area contributed by atoms with Gasteiger partial charge in [-0.3, -0.25) is 18.6 Å². The number of hydrogen-bond donors (Lipinski definition) is 4. The van der Waals surface area contributed by atoms with E-state index in [1.54, 1.807) is 6.26 Å². The number of aliphatic hydroxyl groups is 1. The molecule has 3 aromatic rings. The number of benzene rings is 3. The van der Waals surface area contributed by atoms with Crippen LogP contribution in [0.3, 0.4) is 0 Å². The van der Waals surface area contributed by atoms with Gasteiger partial charge >= 0.3 is 17.9 Å². The molecular formula is C37H42Cl2N2O9S. The van der Waals surface area contributed by atoms with Crippen molar-refractivity contribution in [3.05, 3.63) is 99.0 Å². The number of fused-ring (bicyclic) bond motifs is 1. The molecule has 2 aliphatic rings. The first-order valence-corrected chi connectivity index (χ1v) is 18.9. The maximum atomic E-state index is 13.3. The Morgan fingerprint density at radius 1 is 0.902 bits per heavy atom. The molecular weight excluding hydrogens is 719 g/mol. The van der Waals surface area contributed by atoms with Gasteiger partial charge in [0.25, 0.3) is 5.91 Å². The minimum atomic E-state index is -2.74. The standard InChI is InChI=1S/C31H34Cl2N2O2S.C6H8O7/c1-3-35-30(25-9-4-5-10-26(25)31(35)36)24(22-12-13-27(32)28(33)20-22)16-19-34-17-14-21(15-18-34)23-8-6-7-11-29(23)38(2)37;7-3(8)1-6(13,5(11)12)2-4(9)10/h4-13,20-21,24,30H,3,14-19H2,1-2H3;13H,1-2H2,(H,7,8)(H,9,10)(H,11,12)/t24-,30+,38?;/m0./s1. The molecule has 1 saturated heterocycles. The van der Waals surface area contributed by atoms with Crippen LogP contribution < -0.4 is 0 Å². The third-order valence-corrected chi connectivity index (χ3v) is 11.2. The highest BCUT2D eigenvalue weighted by Gasteiger charge is 2.42. The molecule has 51 heavy (non-hydrogen) atoms. The van der Waals surface area contributed by atoms with Gasteiger partial charge in [-0.25, -0.2) is 4.79 Å². The number of hydrogen-bond acceptors (Lipinski definition) is 7. The zero-order valence-electron chi connectivity index (χ0n) is 28.3. The van der Waals surface area contributed by atoms with Crippen molar-refractivity contribution in [2.24, 2.45) is 0 Å². The normalized spacial score (nSPS) is 17.6. The molecule has 274 valence electrons. The summed E-state index contributed by atoms with van der Waals surface area (Å²) in [7, 11) is -0.979. The number of halogens is 2. The lowest BCUT2D eigenvalue weighted by Crippen LogP contribution is -2.42. The van der Waals surface area contributed by atoms with E-state index < -0.39 is 47.2 Å². The van der Waals surface area contributed by atoms with E-state index in [2.05, 4.69) is 36.1 Å². The number of carbonyl (C=O) groups is 4. The van der Waals surface area contributed by atoms with Gasteiger partial charge in [-0.2, -0.15) is 0 Å². The van der Waals surface area contributed by atoms with E-state index in [0.29, 0.717) is 22.5 Å². The average molecular weight is 762 g/mol. The van der Waals surface area contributed by atoms with Crippen LogP contribution in [0.5, 0.6) is 0 Å². The molecule has 3 aromatic carbocycles. The van der Waals surface area contributed by atoms with Crippen molar-refractivity contribution in [1.82, 2.24) is 9.80 Å². The molecule has 0 radical (unpaired) electrons. The fourth-order valence-corrected chi connectivity index (χ4v) is 8.15. The number of carboxylic acid groups (broad SMARTS) is 3. The van der Waals surface area contributed by atoms with Gasteiger partial charge in [0.15, 0.2) is 5.60 Å². The zero-order valence-corrected chi connectivity index (χ0v) is 30.7. The summed E-state index contributed by atoms with van der Waals surface area (Å²) in [6.07, 6.45) is 2.49. The number of carbonyl (C=O) groups excluding carboxylic acids is 1. The minimum absolute atomic E-state index is 0.0371. The van der Waals surface area contributed by atoms with Crippen LogP contribution in [0.25, 0.3) is 0 Å². The highest BCUT2D eigenvalue weighted by molar-refractivity contribution is 7.84. The molecule has 0 bridgehead atoms. The van der Waals surface area contributed by atoms with Gasteiger partial charge in [0, 0.05) is 29.2 Å². The third-order valence-electron chi connectivity index (χ3n) is 9.50. The molecule has 2 heterocycles. The number of amides is 1. The van der Waals surface area contributed by atoms with Crippen LogP contribution >= 0.6 is 23.2 Å². The fraction of sp³-hybridized carbons (Fsp3) is 0.405. The molecule has 1 fully saturated rings. The second-order valence-electron chi connectivity index (χ2n) is 12.8. The minimum Gasteiger partial charge on any atom is -0.481 e. The van der Waals surface area contributed by atoms with Crippen molar-refractivity contribution in [2.45, 2.75) is 67.4 Å². The average Bonchev–Trinajstić information content (AvgIpc) is 3.37. The largest absolute Gasteiger partial charge is 0.481 e. The van der Waals surface area contributed by atoms with Gasteiger partial charge in [-0.1, -0.05) is 65.7 Å². The lowest BCUT2D eigenvalue weighted by atomic mass is 9.83. The molecule has 0 spiro atoms. The molecule has 0 aromatic heterocycles. The van der Waals surface area contributed by atoms with E-state index in [9.17, 15) is 23.4 Å². The first-order valence-electron chi connectivity index (χ1n) is 16.6. The number of aliphatic carboxylic acids is 3. The summed E-state index contributed by atoms with van der Waals surface area (Å²) in [5.41, 5.74) is 1.51. The van der Waals surface area contributed by atoms with Crippen molar-refractivity contribution in [3.8, 4) is 0 Å². The zero-order chi connectivity index (χ0) is 37.5. The summed E-state index contributed by atoms with van der Waals surface area (Å²) in [6.45, 7) is 5.64. The van der Waals surface area contributed by atoms with Crippen molar-refractivity contribution < 1.29 is 43.8 Å². The van der Waals surface area contributed by atoms with Crippen LogP contribution in [0.4, 0.5) is 0 Å². The van der Waals surface area contributed by atoms with Crippen LogP contribution in [0.15, 0.2) is 71.6 Å². The summed E-state index contributed by atoms with van der Waals surface area (Å²) < 4.78 is 12.3. The molecule has 4 N–H and O–H groups in total. The highest BCUT2D eigenvalue weighted by atomic mass is 35.5. The van der Waals surface area contributed by atoms with Crippen molar-refractivity contribution in [2.75, 3.05) is 32.4 Å². The Bertz CT molecular complexity index is 1760. The van der Waals surface area contributed by atoms with Crippen LogP contribution in [-0.4, -0.2) is 96.3 Å². The van der Waals surface area contributed by atoms with E-state index in [0.717, 1.165) is 60.5 Å². The Morgan fingerprint density at radius 2 is 1.49 bits per heavy atom. The fourth-order valence-electron chi connectivity index (χ4n) is 7.01. The highest BCUT2D eigenvalue weighted by Crippen LogP contribution is 2.46. The predicted molar refractivity (Wildman–Crippen MR) is 194 cm³/mol. The van der Waals surface area contributed by atoms with Crippen molar-refractivity contribution >= 4 is 57.8 Å². The van der Waals surface area contributed by atoms with Gasteiger partial charge in [0.1, 0.15) is 0 Å². The quantitative estimate of drug-likeness (QED) is 0.161. The Kier molecular flexibility index (Phi) is 13.8. The third kappa shape index (κ3) is 9.75. The Morgan fingerprint density at radius 3 is 2.04 bits per heavy atom. The molecule has 0 saturated carbocycles. The van der Waals surface area contributed by atoms with Crippen LogP contribution in [0, 0.1) is 0 Å². The summed E-state index contributed by atoms with van der Waals surface area (Å²) in [4.78, 5) is 49.3. The molecule has 5 rings (SSSR count). The van der Waals surface area contributed by atoms with E-state index in [1.165, 1.54) is 5.56 Å². The Balaban J connectivity index is 0.000000383. The summed E-state index contributed by atoms with van der Waals surface area (Å²) in [5, 5.41) is 34.9.